The van der Waals surface area contributed by atoms with Gasteiger partial charge in [-0.05, 0) is 38.0 Å². The Kier molecular flexibility index (Phi) is 2.67. The van der Waals surface area contributed by atoms with E-state index in [1.54, 1.807) is 6.92 Å². The van der Waals surface area contributed by atoms with Crippen molar-refractivity contribution in [2.45, 2.75) is 26.2 Å². The van der Waals surface area contributed by atoms with Crippen LogP contribution in [0, 0.1) is 23.7 Å². The van der Waals surface area contributed by atoms with Crippen molar-refractivity contribution in [3.63, 3.8) is 0 Å². The summed E-state index contributed by atoms with van der Waals surface area (Å²) >= 11 is 0. The number of aliphatic carboxylic acids is 1. The molecule has 2 fully saturated rings. The lowest BCUT2D eigenvalue weighted by Crippen LogP contribution is -2.35. The van der Waals surface area contributed by atoms with Crippen LogP contribution in [0.4, 0.5) is 0 Å². The molecule has 4 atom stereocenters. The van der Waals surface area contributed by atoms with Gasteiger partial charge >= 0.3 is 11.9 Å². The molecule has 0 heterocycles. The molecule has 15 heavy (non-hydrogen) atoms. The summed E-state index contributed by atoms with van der Waals surface area (Å²) in [5.41, 5.74) is 0. The predicted molar refractivity (Wildman–Crippen MR) is 52.1 cm³/mol. The standard InChI is InChI=1S/C11H16O4/c1-2-15-11(14)9-7-4-3-6(5-7)8(9)10(12)13/h6-9H,2-5H2,1H3,(H,12,13)/t6?,7?,8-,9-/m0/s1. The first-order valence-electron chi connectivity index (χ1n) is 5.54. The lowest BCUT2D eigenvalue weighted by atomic mass is 9.79. The molecule has 2 aliphatic rings. The van der Waals surface area contributed by atoms with E-state index in [1.807, 2.05) is 0 Å². The fourth-order valence-electron chi connectivity index (χ4n) is 3.22. The van der Waals surface area contributed by atoms with Crippen molar-refractivity contribution >= 4 is 11.9 Å². The number of carboxylic acid groups (broad SMARTS) is 1. The second kappa shape index (κ2) is 3.83. The summed E-state index contributed by atoms with van der Waals surface area (Å²) in [4.78, 5) is 22.8. The van der Waals surface area contributed by atoms with Crippen molar-refractivity contribution in [3.8, 4) is 0 Å². The van der Waals surface area contributed by atoms with Crippen LogP contribution in [-0.2, 0) is 14.3 Å². The van der Waals surface area contributed by atoms with E-state index >= 15 is 0 Å². The Morgan fingerprint density at radius 3 is 2.40 bits per heavy atom. The highest BCUT2D eigenvalue weighted by Gasteiger charge is 2.54. The van der Waals surface area contributed by atoms with Crippen LogP contribution >= 0.6 is 0 Å². The summed E-state index contributed by atoms with van der Waals surface area (Å²) in [5, 5.41) is 9.12. The molecule has 2 aliphatic carbocycles. The van der Waals surface area contributed by atoms with E-state index < -0.39 is 11.9 Å². The molecule has 4 nitrogen and oxygen atoms in total. The van der Waals surface area contributed by atoms with Gasteiger partial charge < -0.3 is 9.84 Å². The number of carboxylic acids is 1. The summed E-state index contributed by atoms with van der Waals surface area (Å²) in [6.07, 6.45) is 2.83. The molecule has 0 aromatic heterocycles. The average molecular weight is 212 g/mol. The molecule has 0 saturated heterocycles. The van der Waals surface area contributed by atoms with E-state index in [1.165, 1.54) is 0 Å². The van der Waals surface area contributed by atoms with E-state index in [2.05, 4.69) is 0 Å². The number of rotatable bonds is 3. The topological polar surface area (TPSA) is 63.6 Å². The van der Waals surface area contributed by atoms with Crippen molar-refractivity contribution in [1.29, 1.82) is 0 Å². The van der Waals surface area contributed by atoms with Crippen LogP contribution in [0.5, 0.6) is 0 Å². The van der Waals surface area contributed by atoms with Gasteiger partial charge in [0.1, 0.15) is 0 Å². The summed E-state index contributed by atoms with van der Waals surface area (Å²) in [6, 6.07) is 0. The highest BCUT2D eigenvalue weighted by molar-refractivity contribution is 5.82. The first kappa shape index (κ1) is 10.5. The molecule has 4 heteroatoms. The van der Waals surface area contributed by atoms with Crippen LogP contribution in [0.15, 0.2) is 0 Å². The Morgan fingerprint density at radius 2 is 1.87 bits per heavy atom. The molecular weight excluding hydrogens is 196 g/mol. The van der Waals surface area contributed by atoms with Crippen molar-refractivity contribution in [1.82, 2.24) is 0 Å². The van der Waals surface area contributed by atoms with Crippen LogP contribution in [0.25, 0.3) is 0 Å². The first-order valence-corrected chi connectivity index (χ1v) is 5.54. The van der Waals surface area contributed by atoms with Gasteiger partial charge in [-0.25, -0.2) is 0 Å². The maximum absolute atomic E-state index is 11.7. The van der Waals surface area contributed by atoms with Gasteiger partial charge in [-0.2, -0.15) is 0 Å². The van der Waals surface area contributed by atoms with E-state index in [-0.39, 0.29) is 23.7 Å². The molecule has 2 rings (SSSR count). The van der Waals surface area contributed by atoms with Crippen LogP contribution in [0.2, 0.25) is 0 Å². The number of carbonyl (C=O) groups excluding carboxylic acids is 1. The largest absolute Gasteiger partial charge is 0.481 e. The molecule has 1 N–H and O–H groups in total. The molecule has 0 amide bonds. The van der Waals surface area contributed by atoms with E-state index in [0.717, 1.165) is 19.3 Å². The number of fused-ring (bicyclic) bond motifs is 2. The third-order valence-corrected chi connectivity index (χ3v) is 3.76. The van der Waals surface area contributed by atoms with Crippen LogP contribution in [-0.4, -0.2) is 23.7 Å². The lowest BCUT2D eigenvalue weighted by molar-refractivity contribution is -0.159. The van der Waals surface area contributed by atoms with Crippen molar-refractivity contribution in [2.24, 2.45) is 23.7 Å². The molecule has 0 aromatic carbocycles. The van der Waals surface area contributed by atoms with Gasteiger partial charge in [-0.1, -0.05) is 0 Å². The lowest BCUT2D eigenvalue weighted by Gasteiger charge is -2.25. The summed E-state index contributed by atoms with van der Waals surface area (Å²) in [5.74, 6) is -1.58. The van der Waals surface area contributed by atoms with Crippen molar-refractivity contribution < 1.29 is 19.4 Å². The third kappa shape index (κ3) is 1.62. The first-order chi connectivity index (χ1) is 7.15. The Labute approximate surface area is 88.6 Å². The number of carbonyl (C=O) groups is 2. The minimum Gasteiger partial charge on any atom is -0.481 e. The highest BCUT2D eigenvalue weighted by Crippen LogP contribution is 2.52. The minimum absolute atomic E-state index is 0.196. The minimum atomic E-state index is -0.833. The van der Waals surface area contributed by atoms with Gasteiger partial charge in [0.25, 0.3) is 0 Å². The zero-order valence-corrected chi connectivity index (χ0v) is 8.81. The van der Waals surface area contributed by atoms with Crippen LogP contribution < -0.4 is 0 Å². The molecule has 0 aliphatic heterocycles. The Balaban J connectivity index is 2.14. The van der Waals surface area contributed by atoms with Gasteiger partial charge in [0, 0.05) is 0 Å². The average Bonchev–Trinajstić information content (AvgIpc) is 2.76. The number of hydrogen-bond donors (Lipinski definition) is 1. The maximum atomic E-state index is 11.7. The van der Waals surface area contributed by atoms with Crippen LogP contribution in [0.1, 0.15) is 26.2 Å². The summed E-state index contributed by atoms with van der Waals surface area (Å²) < 4.78 is 4.96. The summed E-state index contributed by atoms with van der Waals surface area (Å²) in [6.45, 7) is 2.08. The zero-order valence-electron chi connectivity index (χ0n) is 8.81. The molecular formula is C11H16O4. The number of esters is 1. The monoisotopic (exact) mass is 212 g/mol. The molecule has 84 valence electrons. The quantitative estimate of drug-likeness (QED) is 0.716. The van der Waals surface area contributed by atoms with Crippen molar-refractivity contribution in [2.75, 3.05) is 6.61 Å². The molecule has 0 radical (unpaired) electrons. The highest BCUT2D eigenvalue weighted by atomic mass is 16.5. The second-order valence-corrected chi connectivity index (χ2v) is 4.48. The van der Waals surface area contributed by atoms with E-state index in [9.17, 15) is 9.59 Å². The Hall–Kier alpha value is -1.06. The van der Waals surface area contributed by atoms with E-state index in [0.29, 0.717) is 6.61 Å². The number of ether oxygens (including phenoxy) is 1. The molecule has 0 spiro atoms. The third-order valence-electron chi connectivity index (χ3n) is 3.76. The van der Waals surface area contributed by atoms with Gasteiger partial charge in [-0.15, -0.1) is 0 Å². The van der Waals surface area contributed by atoms with Gasteiger partial charge in [-0.3, -0.25) is 9.59 Å². The smallest absolute Gasteiger partial charge is 0.310 e. The summed E-state index contributed by atoms with van der Waals surface area (Å²) in [7, 11) is 0. The zero-order chi connectivity index (χ0) is 11.0. The molecule has 2 bridgehead atoms. The van der Waals surface area contributed by atoms with Gasteiger partial charge in [0.2, 0.25) is 0 Å². The molecule has 2 saturated carbocycles. The van der Waals surface area contributed by atoms with E-state index in [4.69, 9.17) is 9.84 Å². The van der Waals surface area contributed by atoms with Gasteiger partial charge in [0.15, 0.2) is 0 Å². The fourth-order valence-corrected chi connectivity index (χ4v) is 3.22. The Bertz CT molecular complexity index is 286. The number of hydrogen-bond acceptors (Lipinski definition) is 3. The van der Waals surface area contributed by atoms with Crippen LogP contribution in [0.3, 0.4) is 0 Å². The molecule has 0 aromatic rings. The fraction of sp³-hybridized carbons (Fsp3) is 0.818. The Morgan fingerprint density at radius 1 is 1.27 bits per heavy atom. The SMILES string of the molecule is CCOC(=O)[C@H]1C2CCC(C2)[C@@H]1C(=O)O. The maximum Gasteiger partial charge on any atom is 0.310 e. The molecule has 2 unspecified atom stereocenters. The second-order valence-electron chi connectivity index (χ2n) is 4.48. The van der Waals surface area contributed by atoms with Gasteiger partial charge in [0.05, 0.1) is 18.4 Å². The predicted octanol–water partition coefficient (Wildman–Crippen LogP) is 1.30. The van der Waals surface area contributed by atoms with Crippen molar-refractivity contribution in [3.05, 3.63) is 0 Å². The normalized spacial score (nSPS) is 37.9.